The van der Waals surface area contributed by atoms with E-state index in [4.69, 9.17) is 0 Å². The van der Waals surface area contributed by atoms with Crippen LogP contribution in [0.4, 0.5) is 0 Å². The predicted octanol–water partition coefficient (Wildman–Crippen LogP) is 5.21. The summed E-state index contributed by atoms with van der Waals surface area (Å²) in [5, 5.41) is 0.701. The summed E-state index contributed by atoms with van der Waals surface area (Å²) in [6.45, 7) is 11.8. The van der Waals surface area contributed by atoms with Gasteiger partial charge in [0.1, 0.15) is 0 Å². The molecule has 1 unspecified atom stereocenters. The van der Waals surface area contributed by atoms with Gasteiger partial charge >= 0.3 is 0 Å². The van der Waals surface area contributed by atoms with E-state index in [-0.39, 0.29) is 0 Å². The highest BCUT2D eigenvalue weighted by Crippen LogP contribution is 2.46. The second-order valence-corrected chi connectivity index (χ2v) is 7.33. The lowest BCUT2D eigenvalue weighted by Crippen LogP contribution is -2.24. The van der Waals surface area contributed by atoms with E-state index in [1.807, 2.05) is 0 Å². The highest BCUT2D eigenvalue weighted by Gasteiger charge is 2.27. The highest BCUT2D eigenvalue weighted by molar-refractivity contribution is 7.40. The molecule has 0 aromatic carbocycles. The van der Waals surface area contributed by atoms with Crippen LogP contribution < -0.4 is 0 Å². The van der Waals surface area contributed by atoms with Gasteiger partial charge in [0.2, 0.25) is 0 Å². The number of hydrogen-bond donors (Lipinski definition) is 0. The Kier molecular flexibility index (Phi) is 7.92. The van der Waals surface area contributed by atoms with Crippen LogP contribution in [0, 0.1) is 0 Å². The lowest BCUT2D eigenvalue weighted by Gasteiger charge is -2.35. The first kappa shape index (κ1) is 14.4. The molecule has 0 aliphatic carbocycles. The first-order chi connectivity index (χ1) is 6.60. The number of rotatable bonds is 8. The molecule has 0 aliphatic heterocycles. The largest absolute Gasteiger partial charge is 0.113 e. The van der Waals surface area contributed by atoms with Gasteiger partial charge in [0.25, 0.3) is 0 Å². The Morgan fingerprint density at radius 2 is 1.21 bits per heavy atom. The summed E-state index contributed by atoms with van der Waals surface area (Å²) in [4.78, 5) is 0. The van der Waals surface area contributed by atoms with Crippen molar-refractivity contribution >= 4 is 8.58 Å². The van der Waals surface area contributed by atoms with E-state index >= 15 is 0 Å². The van der Waals surface area contributed by atoms with Crippen molar-refractivity contribution in [3.05, 3.63) is 0 Å². The van der Waals surface area contributed by atoms with Gasteiger partial charge < -0.3 is 0 Å². The van der Waals surface area contributed by atoms with Gasteiger partial charge in [0, 0.05) is 0 Å². The molecule has 0 heterocycles. The Hall–Kier alpha value is 0.430. The third-order valence-electron chi connectivity index (χ3n) is 2.78. The lowest BCUT2D eigenvalue weighted by molar-refractivity contribution is 0.447. The van der Waals surface area contributed by atoms with Gasteiger partial charge in [-0.25, -0.2) is 0 Å². The lowest BCUT2D eigenvalue weighted by atomic mass is 9.92. The molecule has 1 atom stereocenters. The summed E-state index contributed by atoms with van der Waals surface area (Å²) in [5.74, 6) is 0. The first-order valence-corrected chi connectivity index (χ1v) is 7.45. The summed E-state index contributed by atoms with van der Waals surface area (Å²) in [7, 11) is 1.17. The summed E-state index contributed by atoms with van der Waals surface area (Å²) in [5.41, 5.74) is 0.889. The maximum absolute atomic E-state index is 2.38. The fourth-order valence-corrected chi connectivity index (χ4v) is 5.05. The quantitative estimate of drug-likeness (QED) is 0.488. The maximum atomic E-state index is 2.38. The van der Waals surface area contributed by atoms with Crippen LogP contribution in [0.3, 0.4) is 0 Å². The van der Waals surface area contributed by atoms with Crippen molar-refractivity contribution in [3.8, 4) is 0 Å². The van der Waals surface area contributed by atoms with Gasteiger partial charge in [0.15, 0.2) is 0 Å². The monoisotopic (exact) mass is 216 g/mol. The Bertz CT molecular complexity index is 112. The minimum Gasteiger partial charge on any atom is -0.113 e. The highest BCUT2D eigenvalue weighted by atomic mass is 31.1. The van der Waals surface area contributed by atoms with Crippen LogP contribution in [0.2, 0.25) is 0 Å². The van der Waals surface area contributed by atoms with Gasteiger partial charge in [-0.05, 0) is 30.1 Å². The summed E-state index contributed by atoms with van der Waals surface area (Å²) in [6, 6.07) is 0. The Morgan fingerprint density at radius 3 is 1.43 bits per heavy atom. The molecule has 0 radical (unpaired) electrons. The normalized spacial score (nSPS) is 13.3. The molecule has 0 fully saturated rings. The van der Waals surface area contributed by atoms with E-state index < -0.39 is 0 Å². The topological polar surface area (TPSA) is 0 Å². The summed E-state index contributed by atoms with van der Waals surface area (Å²) < 4.78 is 0. The van der Waals surface area contributed by atoms with Gasteiger partial charge in [-0.15, -0.1) is 8.58 Å². The van der Waals surface area contributed by atoms with Crippen molar-refractivity contribution in [2.75, 3.05) is 0 Å². The zero-order valence-electron chi connectivity index (χ0n) is 10.8. The maximum Gasteiger partial charge on any atom is -0.0120 e. The minimum absolute atomic E-state index is 0.701. The Labute approximate surface area is 93.0 Å². The molecule has 0 amide bonds. The Balaban J connectivity index is 4.37. The zero-order chi connectivity index (χ0) is 11.0. The van der Waals surface area contributed by atoms with Crippen molar-refractivity contribution in [1.82, 2.24) is 0 Å². The van der Waals surface area contributed by atoms with Crippen LogP contribution in [0.1, 0.15) is 73.1 Å². The standard InChI is InChI=1S/C13H29P/c1-6-9-13(10-7-2,11-8-3)14-12(4)5/h12,14H,6-11H2,1-5H3. The molecule has 0 saturated carbocycles. The van der Waals surface area contributed by atoms with Gasteiger partial charge in [-0.3, -0.25) is 0 Å². The van der Waals surface area contributed by atoms with Crippen molar-refractivity contribution in [2.24, 2.45) is 0 Å². The second kappa shape index (κ2) is 7.69. The van der Waals surface area contributed by atoms with E-state index in [0.717, 1.165) is 5.66 Å². The number of hydrogen-bond acceptors (Lipinski definition) is 0. The molecule has 0 aromatic heterocycles. The average molecular weight is 216 g/mol. The first-order valence-electron chi connectivity index (χ1n) is 6.38. The summed E-state index contributed by atoms with van der Waals surface area (Å²) in [6.07, 6.45) is 8.43. The van der Waals surface area contributed by atoms with Gasteiger partial charge in [-0.1, -0.05) is 53.9 Å². The van der Waals surface area contributed by atoms with Crippen molar-refractivity contribution in [3.63, 3.8) is 0 Å². The molecular formula is C13H29P. The molecule has 0 spiro atoms. The minimum atomic E-state index is 0.701. The molecule has 86 valence electrons. The smallest absolute Gasteiger partial charge is 0.0120 e. The molecule has 1 heteroatoms. The van der Waals surface area contributed by atoms with E-state index in [2.05, 4.69) is 34.6 Å². The van der Waals surface area contributed by atoms with Crippen LogP contribution in [0.15, 0.2) is 0 Å². The molecule has 0 aromatic rings. The van der Waals surface area contributed by atoms with Crippen LogP contribution >= 0.6 is 8.58 Å². The van der Waals surface area contributed by atoms with E-state index in [0.29, 0.717) is 5.16 Å². The molecule has 14 heavy (non-hydrogen) atoms. The fraction of sp³-hybridized carbons (Fsp3) is 1.00. The average Bonchev–Trinajstić information content (AvgIpc) is 2.03. The van der Waals surface area contributed by atoms with Gasteiger partial charge in [-0.2, -0.15) is 0 Å². The molecule has 0 N–H and O–H groups in total. The zero-order valence-corrected chi connectivity index (χ0v) is 11.8. The van der Waals surface area contributed by atoms with Crippen molar-refractivity contribution in [2.45, 2.75) is 84.0 Å². The molecule has 0 bridgehead atoms. The summed E-state index contributed by atoms with van der Waals surface area (Å²) >= 11 is 0. The predicted molar refractivity (Wildman–Crippen MR) is 70.9 cm³/mol. The third-order valence-corrected chi connectivity index (χ3v) is 4.72. The van der Waals surface area contributed by atoms with Crippen molar-refractivity contribution < 1.29 is 0 Å². The van der Waals surface area contributed by atoms with Crippen molar-refractivity contribution in [1.29, 1.82) is 0 Å². The van der Waals surface area contributed by atoms with E-state index in [1.54, 1.807) is 0 Å². The SMILES string of the molecule is CCCC(CCC)(CCC)PC(C)C. The molecule has 0 aliphatic rings. The molecule has 0 saturated heterocycles. The van der Waals surface area contributed by atoms with Crippen LogP contribution in [-0.2, 0) is 0 Å². The van der Waals surface area contributed by atoms with E-state index in [1.165, 1.54) is 47.1 Å². The second-order valence-electron chi connectivity index (χ2n) is 4.83. The molecule has 0 rings (SSSR count). The van der Waals surface area contributed by atoms with Crippen LogP contribution in [-0.4, -0.2) is 10.8 Å². The van der Waals surface area contributed by atoms with E-state index in [9.17, 15) is 0 Å². The fourth-order valence-electron chi connectivity index (χ4n) is 2.64. The Morgan fingerprint density at radius 1 is 0.857 bits per heavy atom. The molecular weight excluding hydrogens is 187 g/mol. The van der Waals surface area contributed by atoms with Crippen LogP contribution in [0.5, 0.6) is 0 Å². The molecule has 0 nitrogen and oxygen atoms in total. The van der Waals surface area contributed by atoms with Crippen LogP contribution in [0.25, 0.3) is 0 Å². The van der Waals surface area contributed by atoms with Gasteiger partial charge in [0.05, 0.1) is 0 Å². The third kappa shape index (κ3) is 5.35.